The van der Waals surface area contributed by atoms with Crippen LogP contribution in [0.5, 0.6) is 5.75 Å². The lowest BCUT2D eigenvalue weighted by Crippen LogP contribution is -2.29. The van der Waals surface area contributed by atoms with Crippen molar-refractivity contribution in [3.8, 4) is 11.4 Å². The molecule has 1 heterocycles. The molecule has 8 nitrogen and oxygen atoms in total. The second kappa shape index (κ2) is 10.4. The van der Waals surface area contributed by atoms with Gasteiger partial charge in [0.25, 0.3) is 0 Å². The molecule has 1 aliphatic carbocycles. The Morgan fingerprint density at radius 1 is 1.23 bits per heavy atom. The number of benzene rings is 2. The first-order valence-electron chi connectivity index (χ1n) is 11.9. The molecule has 3 aromatic rings. The van der Waals surface area contributed by atoms with E-state index >= 15 is 0 Å². The van der Waals surface area contributed by atoms with Crippen LogP contribution in [0.2, 0.25) is 0 Å². The van der Waals surface area contributed by atoms with E-state index in [0.29, 0.717) is 11.4 Å². The zero-order valence-electron chi connectivity index (χ0n) is 20.6. The molecular formula is C27H31N3O5. The van der Waals surface area contributed by atoms with Crippen molar-refractivity contribution in [3.05, 3.63) is 70.0 Å². The molecule has 0 fully saturated rings. The summed E-state index contributed by atoms with van der Waals surface area (Å²) in [5, 5.41) is 17.8. The monoisotopic (exact) mass is 477 g/mol. The molecule has 2 aromatic carbocycles. The Balaban J connectivity index is 1.41. The van der Waals surface area contributed by atoms with E-state index in [1.54, 1.807) is 10.9 Å². The molecule has 35 heavy (non-hydrogen) atoms. The van der Waals surface area contributed by atoms with Gasteiger partial charge in [0.1, 0.15) is 18.1 Å². The molecule has 1 aromatic heterocycles. The highest BCUT2D eigenvalue weighted by atomic mass is 16.5. The summed E-state index contributed by atoms with van der Waals surface area (Å²) in [7, 11) is 0. The lowest BCUT2D eigenvalue weighted by atomic mass is 9.75. The van der Waals surface area contributed by atoms with Crippen molar-refractivity contribution in [2.75, 3.05) is 0 Å². The predicted molar refractivity (Wildman–Crippen MR) is 129 cm³/mol. The largest absolute Gasteiger partial charge is 0.459 e. The van der Waals surface area contributed by atoms with E-state index < -0.39 is 0 Å². The minimum absolute atomic E-state index is 0.0303. The number of esters is 2. The molecule has 1 N–H and O–H groups in total. The van der Waals surface area contributed by atoms with Crippen molar-refractivity contribution < 1.29 is 24.2 Å². The fourth-order valence-corrected chi connectivity index (χ4v) is 4.83. The Labute approximate surface area is 204 Å². The molecule has 4 rings (SSSR count). The summed E-state index contributed by atoms with van der Waals surface area (Å²) in [6, 6.07) is 9.30. The van der Waals surface area contributed by atoms with Gasteiger partial charge in [-0.3, -0.25) is 9.59 Å². The second-order valence-electron chi connectivity index (χ2n) is 9.21. The number of ether oxygens (including phenoxy) is 2. The van der Waals surface area contributed by atoms with Crippen LogP contribution in [0.15, 0.2) is 36.5 Å². The molecule has 0 amide bonds. The number of para-hydroxylation sites is 1. The Bertz CT molecular complexity index is 1250. The maximum Gasteiger partial charge on any atom is 0.309 e. The highest BCUT2D eigenvalue weighted by Crippen LogP contribution is 2.38. The van der Waals surface area contributed by atoms with Gasteiger partial charge in [-0.25, -0.2) is 4.68 Å². The number of aliphatic hydroxyl groups excluding tert-OH is 1. The van der Waals surface area contributed by atoms with Crippen molar-refractivity contribution in [2.24, 2.45) is 11.8 Å². The van der Waals surface area contributed by atoms with Gasteiger partial charge in [0, 0.05) is 12.5 Å². The molecule has 2 atom stereocenters. The van der Waals surface area contributed by atoms with Crippen LogP contribution in [-0.4, -0.2) is 32.0 Å². The number of rotatable bonds is 7. The highest BCUT2D eigenvalue weighted by Gasteiger charge is 2.31. The number of carbonyl (C=O) groups is 2. The molecule has 0 radical (unpaired) electrons. The molecule has 0 spiro atoms. The van der Waals surface area contributed by atoms with E-state index in [-0.39, 0.29) is 37.0 Å². The van der Waals surface area contributed by atoms with Crippen LogP contribution in [0.4, 0.5) is 0 Å². The molecule has 8 heteroatoms. The van der Waals surface area contributed by atoms with Gasteiger partial charge in [-0.1, -0.05) is 30.3 Å². The lowest BCUT2D eigenvalue weighted by molar-refractivity contribution is -0.151. The van der Waals surface area contributed by atoms with E-state index in [0.717, 1.165) is 41.6 Å². The number of aliphatic hydroxyl groups is 1. The lowest BCUT2D eigenvalue weighted by Gasteiger charge is -2.31. The molecule has 0 aliphatic heterocycles. The number of aryl methyl sites for hydroxylation is 1. The first-order valence-corrected chi connectivity index (χ1v) is 11.9. The zero-order chi connectivity index (χ0) is 25.1. The van der Waals surface area contributed by atoms with Crippen LogP contribution in [0.1, 0.15) is 53.8 Å². The molecule has 0 unspecified atom stereocenters. The van der Waals surface area contributed by atoms with Crippen LogP contribution in [-0.2, 0) is 40.4 Å². The molecule has 0 saturated heterocycles. The van der Waals surface area contributed by atoms with Crippen molar-refractivity contribution in [2.45, 2.75) is 60.2 Å². The Kier molecular flexibility index (Phi) is 7.31. The average Bonchev–Trinajstić information content (AvgIpc) is 3.33. The predicted octanol–water partition coefficient (Wildman–Crippen LogP) is 3.79. The fourth-order valence-electron chi connectivity index (χ4n) is 4.83. The Morgan fingerprint density at radius 2 is 2.00 bits per heavy atom. The quantitative estimate of drug-likeness (QED) is 0.408. The summed E-state index contributed by atoms with van der Waals surface area (Å²) >= 11 is 0. The van der Waals surface area contributed by atoms with E-state index in [1.807, 2.05) is 51.1 Å². The number of nitrogens with zero attached hydrogens (tertiary/aromatic N) is 3. The van der Waals surface area contributed by atoms with Crippen LogP contribution in [0.25, 0.3) is 5.69 Å². The maximum absolute atomic E-state index is 12.9. The summed E-state index contributed by atoms with van der Waals surface area (Å²) in [5.74, 6) is -0.170. The van der Waals surface area contributed by atoms with Gasteiger partial charge in [-0.2, -0.15) is 0 Å². The first-order chi connectivity index (χ1) is 16.8. The van der Waals surface area contributed by atoms with Crippen molar-refractivity contribution >= 4 is 11.9 Å². The Hall–Kier alpha value is -3.52. The normalized spacial score (nSPS) is 15.9. The SMILES string of the molecule is CC(=O)Oc1cc(C)c2c(c1C)C[C@H]([C@@H](C)C(=O)OCc1cn(-c3ccccc3CO)nn1)CC2. The first kappa shape index (κ1) is 24.6. The van der Waals surface area contributed by atoms with Gasteiger partial charge < -0.3 is 14.6 Å². The summed E-state index contributed by atoms with van der Waals surface area (Å²) in [5.41, 5.74) is 6.53. The van der Waals surface area contributed by atoms with E-state index in [1.165, 1.54) is 18.1 Å². The number of hydrogen-bond acceptors (Lipinski definition) is 7. The van der Waals surface area contributed by atoms with E-state index in [4.69, 9.17) is 9.47 Å². The van der Waals surface area contributed by atoms with Crippen LogP contribution < -0.4 is 4.74 Å². The van der Waals surface area contributed by atoms with Gasteiger partial charge in [0.05, 0.1) is 24.4 Å². The second-order valence-corrected chi connectivity index (χ2v) is 9.21. The minimum Gasteiger partial charge on any atom is -0.459 e. The van der Waals surface area contributed by atoms with Gasteiger partial charge in [0.2, 0.25) is 0 Å². The standard InChI is InChI=1S/C27H31N3O5/c1-16-11-26(35-19(4)32)18(3)24-12-20(9-10-23(16)24)17(2)27(33)34-15-22-13-30(29-28-22)25-8-6-5-7-21(25)14-31/h5-8,11,13,17,20,31H,9-10,12,14-15H2,1-4H3/t17-,20-/m1/s1. The maximum atomic E-state index is 12.9. The van der Waals surface area contributed by atoms with Crippen LogP contribution in [0.3, 0.4) is 0 Å². The minimum atomic E-state index is -0.339. The van der Waals surface area contributed by atoms with Crippen LogP contribution in [0, 0.1) is 25.7 Å². The molecule has 0 saturated carbocycles. The van der Waals surface area contributed by atoms with Crippen molar-refractivity contribution in [1.82, 2.24) is 15.0 Å². The van der Waals surface area contributed by atoms with Gasteiger partial charge in [0.15, 0.2) is 0 Å². The third-order valence-electron chi connectivity index (χ3n) is 6.89. The third-order valence-corrected chi connectivity index (χ3v) is 6.89. The molecule has 184 valence electrons. The fraction of sp³-hybridized carbons (Fsp3) is 0.407. The average molecular weight is 478 g/mol. The third kappa shape index (κ3) is 5.27. The zero-order valence-corrected chi connectivity index (χ0v) is 20.6. The summed E-state index contributed by atoms with van der Waals surface area (Å²) in [4.78, 5) is 24.4. The number of hydrogen-bond donors (Lipinski definition) is 1. The topological polar surface area (TPSA) is 104 Å². The van der Waals surface area contributed by atoms with Crippen molar-refractivity contribution in [3.63, 3.8) is 0 Å². The number of fused-ring (bicyclic) bond motifs is 1. The summed E-state index contributed by atoms with van der Waals surface area (Å²) in [6.07, 6.45) is 4.21. The van der Waals surface area contributed by atoms with Crippen LogP contribution >= 0.6 is 0 Å². The Morgan fingerprint density at radius 3 is 2.74 bits per heavy atom. The van der Waals surface area contributed by atoms with Gasteiger partial charge >= 0.3 is 11.9 Å². The molecular weight excluding hydrogens is 446 g/mol. The highest BCUT2D eigenvalue weighted by molar-refractivity contribution is 5.73. The van der Waals surface area contributed by atoms with Crippen molar-refractivity contribution in [1.29, 1.82) is 0 Å². The summed E-state index contributed by atoms with van der Waals surface area (Å²) in [6.45, 7) is 7.24. The molecule has 1 aliphatic rings. The van der Waals surface area contributed by atoms with Gasteiger partial charge in [-0.05, 0) is 73.4 Å². The molecule has 0 bridgehead atoms. The van der Waals surface area contributed by atoms with Gasteiger partial charge in [-0.15, -0.1) is 5.10 Å². The smallest absolute Gasteiger partial charge is 0.309 e. The van der Waals surface area contributed by atoms with E-state index in [2.05, 4.69) is 10.3 Å². The van der Waals surface area contributed by atoms with E-state index in [9.17, 15) is 14.7 Å². The number of aromatic nitrogens is 3. The summed E-state index contributed by atoms with van der Waals surface area (Å²) < 4.78 is 12.6. The number of carbonyl (C=O) groups excluding carboxylic acids is 2.